The number of aryl methyl sites for hydroxylation is 2. The first kappa shape index (κ1) is 14.1. The standard InChI is InChI=1S/C14H21N3OS/c1-4-15-13(14-7-12(18-3)10-19-14)6-5-11-8-16-17(2)9-11/h7-10,13,15H,4-6H2,1-3H3. The van der Waals surface area contributed by atoms with E-state index < -0.39 is 0 Å². The summed E-state index contributed by atoms with van der Waals surface area (Å²) in [6.07, 6.45) is 6.13. The van der Waals surface area contributed by atoms with Crippen LogP contribution < -0.4 is 10.1 Å². The first-order chi connectivity index (χ1) is 9.22. The molecular weight excluding hydrogens is 258 g/mol. The molecule has 0 radical (unpaired) electrons. The quantitative estimate of drug-likeness (QED) is 0.847. The van der Waals surface area contributed by atoms with Gasteiger partial charge >= 0.3 is 0 Å². The van der Waals surface area contributed by atoms with E-state index in [-0.39, 0.29) is 0 Å². The molecule has 0 aliphatic carbocycles. The largest absolute Gasteiger partial charge is 0.496 e. The van der Waals surface area contributed by atoms with Crippen molar-refractivity contribution < 1.29 is 4.74 Å². The van der Waals surface area contributed by atoms with Crippen molar-refractivity contribution in [1.29, 1.82) is 0 Å². The van der Waals surface area contributed by atoms with Gasteiger partial charge in [-0.15, -0.1) is 11.3 Å². The van der Waals surface area contributed by atoms with Gasteiger partial charge in [-0.05, 0) is 31.0 Å². The number of thiophene rings is 1. The van der Waals surface area contributed by atoms with Crippen LogP contribution in [0.2, 0.25) is 0 Å². The molecule has 0 aromatic carbocycles. The number of methoxy groups -OCH3 is 1. The lowest BCUT2D eigenvalue weighted by atomic mass is 10.1. The summed E-state index contributed by atoms with van der Waals surface area (Å²) in [6, 6.07) is 2.51. The second-order valence-electron chi connectivity index (χ2n) is 4.56. The first-order valence-corrected chi connectivity index (χ1v) is 7.44. The van der Waals surface area contributed by atoms with Crippen LogP contribution in [-0.4, -0.2) is 23.4 Å². The molecule has 2 aromatic rings. The van der Waals surface area contributed by atoms with Crippen LogP contribution in [0.1, 0.15) is 29.8 Å². The molecule has 0 amide bonds. The van der Waals surface area contributed by atoms with Gasteiger partial charge in [-0.1, -0.05) is 6.92 Å². The van der Waals surface area contributed by atoms with Crippen LogP contribution in [0.5, 0.6) is 5.75 Å². The number of nitrogens with one attached hydrogen (secondary N) is 1. The van der Waals surface area contributed by atoms with Crippen molar-refractivity contribution in [1.82, 2.24) is 15.1 Å². The first-order valence-electron chi connectivity index (χ1n) is 6.56. The lowest BCUT2D eigenvalue weighted by Crippen LogP contribution is -2.20. The average Bonchev–Trinajstić information content (AvgIpc) is 3.03. The second-order valence-corrected chi connectivity index (χ2v) is 5.50. The average molecular weight is 279 g/mol. The van der Waals surface area contributed by atoms with Gasteiger partial charge in [-0.25, -0.2) is 0 Å². The SMILES string of the molecule is CCNC(CCc1cnn(C)c1)c1cc(OC)cs1. The Morgan fingerprint density at radius 2 is 2.37 bits per heavy atom. The predicted molar refractivity (Wildman–Crippen MR) is 78.8 cm³/mol. The number of hydrogen-bond donors (Lipinski definition) is 1. The van der Waals surface area contributed by atoms with E-state index in [9.17, 15) is 0 Å². The minimum atomic E-state index is 0.388. The van der Waals surface area contributed by atoms with Gasteiger partial charge in [0.1, 0.15) is 5.75 Å². The van der Waals surface area contributed by atoms with Gasteiger partial charge in [0.15, 0.2) is 0 Å². The maximum absolute atomic E-state index is 5.26. The molecule has 1 N–H and O–H groups in total. The third-order valence-corrected chi connectivity index (χ3v) is 4.13. The molecule has 2 heterocycles. The fourth-order valence-electron chi connectivity index (χ4n) is 2.13. The smallest absolute Gasteiger partial charge is 0.129 e. The third kappa shape index (κ3) is 3.81. The Morgan fingerprint density at radius 1 is 1.53 bits per heavy atom. The number of ether oxygens (including phenoxy) is 1. The minimum absolute atomic E-state index is 0.388. The van der Waals surface area contributed by atoms with Crippen LogP contribution in [0.4, 0.5) is 0 Å². The summed E-state index contributed by atoms with van der Waals surface area (Å²) < 4.78 is 7.11. The number of rotatable bonds is 7. The molecule has 5 heteroatoms. The maximum atomic E-state index is 5.26. The van der Waals surface area contributed by atoms with Crippen molar-refractivity contribution in [3.63, 3.8) is 0 Å². The van der Waals surface area contributed by atoms with Crippen molar-refractivity contribution >= 4 is 11.3 Å². The predicted octanol–water partition coefficient (Wildman–Crippen LogP) is 2.77. The zero-order valence-corrected chi connectivity index (χ0v) is 12.5. The van der Waals surface area contributed by atoms with Crippen molar-refractivity contribution in [2.75, 3.05) is 13.7 Å². The normalized spacial score (nSPS) is 12.6. The molecule has 104 valence electrons. The number of aromatic nitrogens is 2. The summed E-state index contributed by atoms with van der Waals surface area (Å²) in [5.74, 6) is 0.948. The molecule has 19 heavy (non-hydrogen) atoms. The van der Waals surface area contributed by atoms with Gasteiger partial charge in [0.25, 0.3) is 0 Å². The van der Waals surface area contributed by atoms with Crippen molar-refractivity contribution in [2.24, 2.45) is 7.05 Å². The summed E-state index contributed by atoms with van der Waals surface area (Å²) in [6.45, 7) is 3.11. The lowest BCUT2D eigenvalue weighted by molar-refractivity contribution is 0.415. The van der Waals surface area contributed by atoms with E-state index in [1.807, 2.05) is 17.9 Å². The summed E-state index contributed by atoms with van der Waals surface area (Å²) in [7, 11) is 3.67. The van der Waals surface area contributed by atoms with Crippen LogP contribution in [0.15, 0.2) is 23.8 Å². The fourth-order valence-corrected chi connectivity index (χ4v) is 3.09. The van der Waals surface area contributed by atoms with Crippen LogP contribution in [0, 0.1) is 0 Å². The zero-order valence-electron chi connectivity index (χ0n) is 11.7. The van der Waals surface area contributed by atoms with Crippen LogP contribution >= 0.6 is 11.3 Å². The highest BCUT2D eigenvalue weighted by Gasteiger charge is 2.13. The molecule has 0 bridgehead atoms. The highest BCUT2D eigenvalue weighted by atomic mass is 32.1. The molecule has 2 aromatic heterocycles. The summed E-state index contributed by atoms with van der Waals surface area (Å²) in [4.78, 5) is 1.34. The van der Waals surface area contributed by atoms with E-state index in [1.54, 1.807) is 18.4 Å². The van der Waals surface area contributed by atoms with Gasteiger partial charge < -0.3 is 10.1 Å². The van der Waals surface area contributed by atoms with Gasteiger partial charge in [0.05, 0.1) is 13.3 Å². The fraction of sp³-hybridized carbons (Fsp3) is 0.500. The maximum Gasteiger partial charge on any atom is 0.129 e. The van der Waals surface area contributed by atoms with E-state index in [0.29, 0.717) is 6.04 Å². The van der Waals surface area contributed by atoms with Gasteiger partial charge in [-0.2, -0.15) is 5.10 Å². The van der Waals surface area contributed by atoms with E-state index in [0.717, 1.165) is 25.1 Å². The molecular formula is C14H21N3OS. The molecule has 1 atom stereocenters. The van der Waals surface area contributed by atoms with E-state index in [1.165, 1.54) is 10.4 Å². The molecule has 2 rings (SSSR count). The zero-order chi connectivity index (χ0) is 13.7. The van der Waals surface area contributed by atoms with E-state index in [4.69, 9.17) is 4.74 Å². The van der Waals surface area contributed by atoms with Gasteiger partial charge in [-0.3, -0.25) is 4.68 Å². The molecule has 0 saturated carbocycles. The molecule has 0 spiro atoms. The van der Waals surface area contributed by atoms with Crippen molar-refractivity contribution in [3.05, 3.63) is 34.3 Å². The molecule has 0 aliphatic heterocycles. The molecule has 1 unspecified atom stereocenters. The molecule has 0 saturated heterocycles. The Bertz CT molecular complexity index is 506. The van der Waals surface area contributed by atoms with E-state index >= 15 is 0 Å². The minimum Gasteiger partial charge on any atom is -0.496 e. The lowest BCUT2D eigenvalue weighted by Gasteiger charge is -2.15. The topological polar surface area (TPSA) is 39.1 Å². The monoisotopic (exact) mass is 279 g/mol. The Kier molecular flexibility index (Phi) is 4.99. The van der Waals surface area contributed by atoms with Gasteiger partial charge in [0, 0.05) is 29.5 Å². The van der Waals surface area contributed by atoms with Crippen LogP contribution in [0.3, 0.4) is 0 Å². The highest BCUT2D eigenvalue weighted by molar-refractivity contribution is 7.10. The Labute approximate surface area is 118 Å². The Morgan fingerprint density at radius 3 is 2.95 bits per heavy atom. The molecule has 4 nitrogen and oxygen atoms in total. The molecule has 0 aliphatic rings. The molecule has 0 fully saturated rings. The second kappa shape index (κ2) is 6.73. The Balaban J connectivity index is 1.99. The summed E-state index contributed by atoms with van der Waals surface area (Å²) >= 11 is 1.75. The third-order valence-electron chi connectivity index (χ3n) is 3.11. The highest BCUT2D eigenvalue weighted by Crippen LogP contribution is 2.29. The summed E-state index contributed by atoms with van der Waals surface area (Å²) in [5, 5.41) is 9.81. The van der Waals surface area contributed by atoms with Crippen molar-refractivity contribution in [3.8, 4) is 5.75 Å². The summed E-state index contributed by atoms with van der Waals surface area (Å²) in [5.41, 5.74) is 1.29. The number of nitrogens with zero attached hydrogens (tertiary/aromatic N) is 2. The number of hydrogen-bond acceptors (Lipinski definition) is 4. The van der Waals surface area contributed by atoms with Crippen molar-refractivity contribution in [2.45, 2.75) is 25.8 Å². The van der Waals surface area contributed by atoms with Gasteiger partial charge in [0.2, 0.25) is 0 Å². The van der Waals surface area contributed by atoms with Crippen LogP contribution in [0.25, 0.3) is 0 Å². The Hall–Kier alpha value is -1.33. The van der Waals surface area contributed by atoms with Crippen LogP contribution in [-0.2, 0) is 13.5 Å². The van der Waals surface area contributed by atoms with E-state index in [2.05, 4.69) is 35.0 Å².